The van der Waals surface area contributed by atoms with Crippen molar-refractivity contribution >= 4 is 28.2 Å². The number of para-hydroxylation sites is 1. The smallest absolute Gasteiger partial charge is 0.139 e. The van der Waals surface area contributed by atoms with Gasteiger partial charge in [-0.1, -0.05) is 25.1 Å². The van der Waals surface area contributed by atoms with E-state index in [1.54, 1.807) is 6.20 Å². The average Bonchev–Trinajstić information content (AvgIpc) is 2.52. The predicted molar refractivity (Wildman–Crippen MR) is 85.6 cm³/mol. The summed E-state index contributed by atoms with van der Waals surface area (Å²) >= 11 is 0. The molecule has 0 spiro atoms. The van der Waals surface area contributed by atoms with Crippen molar-refractivity contribution in [2.45, 2.75) is 20.3 Å². The average molecular weight is 279 g/mol. The summed E-state index contributed by atoms with van der Waals surface area (Å²) in [5.74, 6) is 1.98. The lowest BCUT2D eigenvalue weighted by Gasteiger charge is -2.12. The van der Waals surface area contributed by atoms with Gasteiger partial charge >= 0.3 is 0 Å². The number of nitrogens with zero attached hydrogens (tertiary/aromatic N) is 3. The number of aryl methyl sites for hydroxylation is 1. The molecule has 0 bridgehead atoms. The van der Waals surface area contributed by atoms with Crippen LogP contribution >= 0.6 is 0 Å². The Morgan fingerprint density at radius 1 is 1.14 bits per heavy atom. The zero-order valence-electron chi connectivity index (χ0n) is 12.1. The van der Waals surface area contributed by atoms with Gasteiger partial charge in [0.1, 0.15) is 17.5 Å². The Morgan fingerprint density at radius 2 is 1.95 bits per heavy atom. The maximum absolute atomic E-state index is 5.96. The van der Waals surface area contributed by atoms with Gasteiger partial charge < -0.3 is 11.1 Å². The molecule has 2 heterocycles. The third kappa shape index (κ3) is 2.50. The summed E-state index contributed by atoms with van der Waals surface area (Å²) in [6.45, 7) is 3.92. The second-order valence-corrected chi connectivity index (χ2v) is 4.86. The first-order valence-corrected chi connectivity index (χ1v) is 6.92. The van der Waals surface area contributed by atoms with E-state index >= 15 is 0 Å². The van der Waals surface area contributed by atoms with Crippen LogP contribution in [0.2, 0.25) is 0 Å². The molecule has 1 aromatic carbocycles. The first kappa shape index (κ1) is 13.3. The topological polar surface area (TPSA) is 76.7 Å². The van der Waals surface area contributed by atoms with Crippen LogP contribution in [0.15, 0.2) is 36.5 Å². The molecule has 5 heteroatoms. The van der Waals surface area contributed by atoms with E-state index in [4.69, 9.17) is 5.73 Å². The number of hydrogen-bond acceptors (Lipinski definition) is 5. The summed E-state index contributed by atoms with van der Waals surface area (Å²) in [7, 11) is 0. The van der Waals surface area contributed by atoms with Gasteiger partial charge in [-0.25, -0.2) is 9.97 Å². The molecule has 3 N–H and O–H groups in total. The quantitative estimate of drug-likeness (QED) is 0.769. The standard InChI is InChI=1S/C16H17N5/c1-3-13-20-15(17)10(2)16(21-13)19-12-8-4-6-11-7-5-9-18-14(11)12/h4-9H,3H2,1-2H3,(H3,17,19,20,21). The Bertz CT molecular complexity index is 793. The molecule has 0 saturated carbocycles. The van der Waals surface area contributed by atoms with Crippen molar-refractivity contribution in [3.63, 3.8) is 0 Å². The summed E-state index contributed by atoms with van der Waals surface area (Å²) in [4.78, 5) is 13.2. The summed E-state index contributed by atoms with van der Waals surface area (Å²) in [5, 5.41) is 4.42. The summed E-state index contributed by atoms with van der Waals surface area (Å²) in [6.07, 6.45) is 2.53. The summed E-state index contributed by atoms with van der Waals surface area (Å²) in [6, 6.07) is 9.97. The minimum Gasteiger partial charge on any atom is -0.383 e. The molecule has 0 aliphatic heterocycles. The fraction of sp³-hybridized carbons (Fsp3) is 0.188. The van der Waals surface area contributed by atoms with E-state index in [9.17, 15) is 0 Å². The molecule has 0 unspecified atom stereocenters. The van der Waals surface area contributed by atoms with Crippen molar-refractivity contribution in [3.8, 4) is 0 Å². The predicted octanol–water partition coefficient (Wildman–Crippen LogP) is 3.22. The van der Waals surface area contributed by atoms with Gasteiger partial charge in [0.2, 0.25) is 0 Å². The molecule has 0 fully saturated rings. The largest absolute Gasteiger partial charge is 0.383 e. The molecule has 0 radical (unpaired) electrons. The number of fused-ring (bicyclic) bond motifs is 1. The van der Waals surface area contributed by atoms with Crippen molar-refractivity contribution in [1.29, 1.82) is 0 Å². The lowest BCUT2D eigenvalue weighted by molar-refractivity contribution is 0.940. The Kier molecular flexibility index (Phi) is 3.39. The zero-order chi connectivity index (χ0) is 14.8. The minimum absolute atomic E-state index is 0.512. The lowest BCUT2D eigenvalue weighted by atomic mass is 10.2. The summed E-state index contributed by atoms with van der Waals surface area (Å²) < 4.78 is 0. The van der Waals surface area contributed by atoms with E-state index in [1.807, 2.05) is 44.2 Å². The van der Waals surface area contributed by atoms with Crippen molar-refractivity contribution in [3.05, 3.63) is 47.9 Å². The molecular formula is C16H17N5. The third-order valence-corrected chi connectivity index (χ3v) is 3.43. The molecule has 2 aromatic heterocycles. The highest BCUT2D eigenvalue weighted by Gasteiger charge is 2.10. The third-order valence-electron chi connectivity index (χ3n) is 3.43. The van der Waals surface area contributed by atoms with Gasteiger partial charge in [0.05, 0.1) is 11.2 Å². The van der Waals surface area contributed by atoms with Crippen LogP contribution in [0.4, 0.5) is 17.3 Å². The first-order chi connectivity index (χ1) is 10.2. The van der Waals surface area contributed by atoms with E-state index in [0.717, 1.165) is 40.2 Å². The maximum atomic E-state index is 5.96. The molecule has 21 heavy (non-hydrogen) atoms. The van der Waals surface area contributed by atoms with Crippen molar-refractivity contribution in [2.24, 2.45) is 0 Å². The van der Waals surface area contributed by atoms with Crippen molar-refractivity contribution in [2.75, 3.05) is 11.1 Å². The number of benzene rings is 1. The van der Waals surface area contributed by atoms with Crippen LogP contribution < -0.4 is 11.1 Å². The SMILES string of the molecule is CCc1nc(N)c(C)c(Nc2cccc3cccnc23)n1. The van der Waals surface area contributed by atoms with Crippen LogP contribution in [-0.2, 0) is 6.42 Å². The van der Waals surface area contributed by atoms with Gasteiger partial charge in [0.25, 0.3) is 0 Å². The van der Waals surface area contributed by atoms with Crippen molar-refractivity contribution in [1.82, 2.24) is 15.0 Å². The molecule has 106 valence electrons. The number of nitrogens with two attached hydrogens (primary N) is 1. The zero-order valence-corrected chi connectivity index (χ0v) is 12.1. The Hall–Kier alpha value is -2.69. The highest BCUT2D eigenvalue weighted by Crippen LogP contribution is 2.26. The van der Waals surface area contributed by atoms with Gasteiger partial charge in [0, 0.05) is 23.6 Å². The maximum Gasteiger partial charge on any atom is 0.139 e. The molecule has 0 saturated heterocycles. The molecule has 5 nitrogen and oxygen atoms in total. The van der Waals surface area contributed by atoms with Gasteiger partial charge in [-0.05, 0) is 19.1 Å². The Balaban J connectivity index is 2.09. The van der Waals surface area contributed by atoms with Crippen LogP contribution in [0.3, 0.4) is 0 Å². The fourth-order valence-electron chi connectivity index (χ4n) is 2.19. The number of pyridine rings is 1. The second kappa shape index (κ2) is 5.36. The van der Waals surface area contributed by atoms with Gasteiger partial charge in [-0.2, -0.15) is 0 Å². The molecule has 0 aliphatic rings. The molecule has 3 aromatic rings. The van der Waals surface area contributed by atoms with E-state index in [1.165, 1.54) is 0 Å². The second-order valence-electron chi connectivity index (χ2n) is 4.86. The lowest BCUT2D eigenvalue weighted by Crippen LogP contribution is -2.06. The first-order valence-electron chi connectivity index (χ1n) is 6.92. The van der Waals surface area contributed by atoms with Gasteiger partial charge in [-0.3, -0.25) is 4.98 Å². The van der Waals surface area contributed by atoms with E-state index in [0.29, 0.717) is 5.82 Å². The number of anilines is 3. The Morgan fingerprint density at radius 3 is 2.76 bits per heavy atom. The molecule has 3 rings (SSSR count). The molecular weight excluding hydrogens is 262 g/mol. The normalized spacial score (nSPS) is 10.8. The van der Waals surface area contributed by atoms with E-state index < -0.39 is 0 Å². The van der Waals surface area contributed by atoms with Crippen LogP contribution in [0, 0.1) is 6.92 Å². The number of rotatable bonds is 3. The van der Waals surface area contributed by atoms with Crippen LogP contribution in [-0.4, -0.2) is 15.0 Å². The minimum atomic E-state index is 0.512. The van der Waals surface area contributed by atoms with Crippen LogP contribution in [0.1, 0.15) is 18.3 Å². The highest BCUT2D eigenvalue weighted by molar-refractivity contribution is 5.92. The van der Waals surface area contributed by atoms with Gasteiger partial charge in [0.15, 0.2) is 0 Å². The van der Waals surface area contributed by atoms with Crippen LogP contribution in [0.25, 0.3) is 10.9 Å². The molecule has 0 amide bonds. The van der Waals surface area contributed by atoms with Gasteiger partial charge in [-0.15, -0.1) is 0 Å². The van der Waals surface area contributed by atoms with E-state index in [-0.39, 0.29) is 0 Å². The summed E-state index contributed by atoms with van der Waals surface area (Å²) in [5.41, 5.74) is 8.63. The number of aromatic nitrogens is 3. The fourth-order valence-corrected chi connectivity index (χ4v) is 2.19. The van der Waals surface area contributed by atoms with Crippen molar-refractivity contribution < 1.29 is 0 Å². The van der Waals surface area contributed by atoms with Crippen LogP contribution in [0.5, 0.6) is 0 Å². The monoisotopic (exact) mass is 279 g/mol. The molecule has 0 atom stereocenters. The number of nitrogens with one attached hydrogen (secondary N) is 1. The Labute approximate surface area is 123 Å². The van der Waals surface area contributed by atoms with E-state index in [2.05, 4.69) is 20.3 Å². The molecule has 0 aliphatic carbocycles. The number of hydrogen-bond donors (Lipinski definition) is 2. The number of nitrogen functional groups attached to an aromatic ring is 1. The highest BCUT2D eigenvalue weighted by atomic mass is 15.1.